The predicted octanol–water partition coefficient (Wildman–Crippen LogP) is 2.05. The highest BCUT2D eigenvalue weighted by Gasteiger charge is 2.20. The van der Waals surface area contributed by atoms with Crippen LogP contribution in [0.3, 0.4) is 0 Å². The molecule has 0 unspecified atom stereocenters. The fourth-order valence-electron chi connectivity index (χ4n) is 1.26. The summed E-state index contributed by atoms with van der Waals surface area (Å²) in [4.78, 5) is 15.7. The van der Waals surface area contributed by atoms with Gasteiger partial charge in [-0.15, -0.1) is 0 Å². The summed E-state index contributed by atoms with van der Waals surface area (Å²) in [5.41, 5.74) is 6.26. The van der Waals surface area contributed by atoms with Crippen LogP contribution in [0.15, 0.2) is 12.3 Å². The predicted molar refractivity (Wildman–Crippen MR) is 68.0 cm³/mol. The van der Waals surface area contributed by atoms with Crippen LogP contribution in [0.1, 0.15) is 37.6 Å². The van der Waals surface area contributed by atoms with E-state index < -0.39 is 5.97 Å². The number of carbonyl (C=O) groups is 1. The molecular formula is C12H19N3O2. The molecule has 0 atom stereocenters. The normalized spacial score (nSPS) is 11.1. The van der Waals surface area contributed by atoms with Crippen molar-refractivity contribution in [2.45, 2.75) is 32.7 Å². The SMILES string of the molecule is CCC(C)(C)Nc1ncc(N)cc1C(=O)OC. The molecule has 0 spiro atoms. The Morgan fingerprint density at radius 3 is 2.76 bits per heavy atom. The molecular weight excluding hydrogens is 218 g/mol. The Labute approximate surface area is 101 Å². The molecule has 0 amide bonds. The Bertz CT molecular complexity index is 416. The first kappa shape index (κ1) is 13.3. The van der Waals surface area contributed by atoms with E-state index >= 15 is 0 Å². The summed E-state index contributed by atoms with van der Waals surface area (Å²) in [6.07, 6.45) is 2.42. The van der Waals surface area contributed by atoms with Crippen molar-refractivity contribution in [2.24, 2.45) is 0 Å². The molecule has 0 aliphatic rings. The maximum Gasteiger partial charge on any atom is 0.341 e. The molecule has 1 aromatic heterocycles. The zero-order valence-electron chi connectivity index (χ0n) is 10.7. The summed E-state index contributed by atoms with van der Waals surface area (Å²) in [6.45, 7) is 6.13. The van der Waals surface area contributed by atoms with Crippen molar-refractivity contribution in [3.05, 3.63) is 17.8 Å². The van der Waals surface area contributed by atoms with E-state index in [9.17, 15) is 4.79 Å². The van der Waals surface area contributed by atoms with Gasteiger partial charge in [-0.2, -0.15) is 0 Å². The highest BCUT2D eigenvalue weighted by molar-refractivity contribution is 5.95. The molecule has 17 heavy (non-hydrogen) atoms. The highest BCUT2D eigenvalue weighted by Crippen LogP contribution is 2.22. The Hall–Kier alpha value is -1.78. The molecule has 0 aliphatic carbocycles. The van der Waals surface area contributed by atoms with Gasteiger partial charge in [-0.05, 0) is 26.3 Å². The number of nitrogens with zero attached hydrogens (tertiary/aromatic N) is 1. The van der Waals surface area contributed by atoms with E-state index in [1.165, 1.54) is 13.3 Å². The summed E-state index contributed by atoms with van der Waals surface area (Å²) < 4.78 is 4.71. The van der Waals surface area contributed by atoms with Gasteiger partial charge < -0.3 is 15.8 Å². The van der Waals surface area contributed by atoms with Crippen molar-refractivity contribution in [3.8, 4) is 0 Å². The summed E-state index contributed by atoms with van der Waals surface area (Å²) in [7, 11) is 1.33. The Morgan fingerprint density at radius 1 is 1.59 bits per heavy atom. The first-order chi connectivity index (χ1) is 7.89. The minimum absolute atomic E-state index is 0.147. The van der Waals surface area contributed by atoms with Crippen LogP contribution in [0.5, 0.6) is 0 Å². The van der Waals surface area contributed by atoms with Crippen molar-refractivity contribution in [1.29, 1.82) is 0 Å². The van der Waals surface area contributed by atoms with Gasteiger partial charge in [0, 0.05) is 5.54 Å². The zero-order chi connectivity index (χ0) is 13.1. The molecule has 0 fully saturated rings. The van der Waals surface area contributed by atoms with E-state index in [0.717, 1.165) is 6.42 Å². The van der Waals surface area contributed by atoms with E-state index in [2.05, 4.69) is 17.2 Å². The zero-order valence-corrected chi connectivity index (χ0v) is 10.7. The Balaban J connectivity index is 3.11. The molecule has 0 radical (unpaired) electrons. The first-order valence-corrected chi connectivity index (χ1v) is 5.51. The lowest BCUT2D eigenvalue weighted by Crippen LogP contribution is -2.31. The van der Waals surface area contributed by atoms with Crippen LogP contribution in [-0.2, 0) is 4.74 Å². The Kier molecular flexibility index (Phi) is 3.93. The number of nitrogens with two attached hydrogens (primary N) is 1. The van der Waals surface area contributed by atoms with Gasteiger partial charge >= 0.3 is 5.97 Å². The minimum Gasteiger partial charge on any atom is -0.465 e. The fourth-order valence-corrected chi connectivity index (χ4v) is 1.26. The van der Waals surface area contributed by atoms with E-state index in [4.69, 9.17) is 10.5 Å². The molecule has 0 saturated carbocycles. The van der Waals surface area contributed by atoms with Crippen molar-refractivity contribution >= 4 is 17.5 Å². The molecule has 5 nitrogen and oxygen atoms in total. The maximum atomic E-state index is 11.6. The van der Waals surface area contributed by atoms with E-state index in [0.29, 0.717) is 17.1 Å². The van der Waals surface area contributed by atoms with Gasteiger partial charge in [0.05, 0.1) is 19.0 Å². The molecule has 3 N–H and O–H groups in total. The minimum atomic E-state index is -0.445. The van der Waals surface area contributed by atoms with Crippen molar-refractivity contribution in [1.82, 2.24) is 4.98 Å². The number of methoxy groups -OCH3 is 1. The second-order valence-electron chi connectivity index (χ2n) is 4.52. The van der Waals surface area contributed by atoms with Crippen molar-refractivity contribution in [3.63, 3.8) is 0 Å². The molecule has 1 heterocycles. The lowest BCUT2D eigenvalue weighted by molar-refractivity contribution is 0.0601. The number of hydrogen-bond acceptors (Lipinski definition) is 5. The lowest BCUT2D eigenvalue weighted by Gasteiger charge is -2.26. The van der Waals surface area contributed by atoms with E-state index in [1.54, 1.807) is 6.07 Å². The van der Waals surface area contributed by atoms with Crippen LogP contribution in [0.2, 0.25) is 0 Å². The number of pyridine rings is 1. The molecule has 94 valence electrons. The third-order valence-corrected chi connectivity index (χ3v) is 2.65. The number of nitrogen functional groups attached to an aromatic ring is 1. The molecule has 0 aromatic carbocycles. The van der Waals surface area contributed by atoms with Crippen LogP contribution in [0.25, 0.3) is 0 Å². The summed E-state index contributed by atoms with van der Waals surface area (Å²) in [6, 6.07) is 1.56. The van der Waals surface area contributed by atoms with Gasteiger partial charge in [-0.25, -0.2) is 9.78 Å². The maximum absolute atomic E-state index is 11.6. The van der Waals surface area contributed by atoms with Gasteiger partial charge in [0.15, 0.2) is 0 Å². The van der Waals surface area contributed by atoms with Gasteiger partial charge in [0.25, 0.3) is 0 Å². The van der Waals surface area contributed by atoms with Crippen LogP contribution in [0.4, 0.5) is 11.5 Å². The molecule has 0 bridgehead atoms. The van der Waals surface area contributed by atoms with Crippen molar-refractivity contribution in [2.75, 3.05) is 18.2 Å². The molecule has 1 aromatic rings. The summed E-state index contributed by atoms with van der Waals surface area (Å²) in [5.74, 6) is 0.0529. The quantitative estimate of drug-likeness (QED) is 0.784. The van der Waals surface area contributed by atoms with Crippen LogP contribution >= 0.6 is 0 Å². The molecule has 0 saturated heterocycles. The second-order valence-corrected chi connectivity index (χ2v) is 4.52. The third-order valence-electron chi connectivity index (χ3n) is 2.65. The smallest absolute Gasteiger partial charge is 0.341 e. The largest absolute Gasteiger partial charge is 0.465 e. The highest BCUT2D eigenvalue weighted by atomic mass is 16.5. The standard InChI is InChI=1S/C12H19N3O2/c1-5-12(2,3)15-10-9(11(16)17-4)6-8(13)7-14-10/h6-7H,5,13H2,1-4H3,(H,14,15). The third kappa shape index (κ3) is 3.34. The van der Waals surface area contributed by atoms with E-state index in [-0.39, 0.29) is 5.54 Å². The number of esters is 1. The van der Waals surface area contributed by atoms with Gasteiger partial charge in [-0.1, -0.05) is 6.92 Å². The average molecular weight is 237 g/mol. The van der Waals surface area contributed by atoms with E-state index in [1.807, 2.05) is 13.8 Å². The number of hydrogen-bond donors (Lipinski definition) is 2. The lowest BCUT2D eigenvalue weighted by atomic mass is 10.0. The summed E-state index contributed by atoms with van der Waals surface area (Å²) >= 11 is 0. The molecule has 0 aliphatic heterocycles. The number of carbonyl (C=O) groups excluding carboxylic acids is 1. The number of rotatable bonds is 4. The van der Waals surface area contributed by atoms with Gasteiger partial charge in [-0.3, -0.25) is 0 Å². The van der Waals surface area contributed by atoms with Crippen LogP contribution in [-0.4, -0.2) is 23.6 Å². The Morgan fingerprint density at radius 2 is 2.24 bits per heavy atom. The fraction of sp³-hybridized carbons (Fsp3) is 0.500. The second kappa shape index (κ2) is 5.03. The van der Waals surface area contributed by atoms with Crippen molar-refractivity contribution < 1.29 is 9.53 Å². The average Bonchev–Trinajstić information content (AvgIpc) is 2.30. The topological polar surface area (TPSA) is 77.2 Å². The first-order valence-electron chi connectivity index (χ1n) is 5.51. The van der Waals surface area contributed by atoms with Gasteiger partial charge in [0.2, 0.25) is 0 Å². The molecule has 5 heteroatoms. The van der Waals surface area contributed by atoms with Crippen LogP contribution in [0, 0.1) is 0 Å². The number of aromatic nitrogens is 1. The van der Waals surface area contributed by atoms with Gasteiger partial charge in [0.1, 0.15) is 11.4 Å². The van der Waals surface area contributed by atoms with Crippen LogP contribution < -0.4 is 11.1 Å². The number of nitrogens with one attached hydrogen (secondary N) is 1. The molecule has 1 rings (SSSR count). The number of ether oxygens (including phenoxy) is 1. The monoisotopic (exact) mass is 237 g/mol. The number of anilines is 2. The summed E-state index contributed by atoms with van der Waals surface area (Å²) in [5, 5.41) is 3.21.